The number of hydrogen-bond donors (Lipinski definition) is 0. The number of benzene rings is 1. The first-order valence-corrected chi connectivity index (χ1v) is 5.59. The number of carbonyl (C=O) groups is 1. The van der Waals surface area contributed by atoms with Crippen LogP contribution in [0.2, 0.25) is 0 Å². The van der Waals surface area contributed by atoms with Gasteiger partial charge < -0.3 is 4.74 Å². The molecule has 4 nitrogen and oxygen atoms in total. The zero-order valence-electron chi connectivity index (χ0n) is 10.4. The number of carbonyl (C=O) groups excluding carboxylic acids is 1. The van der Waals surface area contributed by atoms with E-state index in [1.165, 1.54) is 12.1 Å². The van der Waals surface area contributed by atoms with Gasteiger partial charge in [-0.05, 0) is 31.7 Å². The van der Waals surface area contributed by atoms with E-state index in [0.29, 0.717) is 18.7 Å². The number of rotatable bonds is 5. The smallest absolute Gasteiger partial charge is 0.320 e. The monoisotopic (exact) mass is 250 g/mol. The molecule has 0 aromatic heterocycles. The molecule has 0 amide bonds. The largest absolute Gasteiger partial charge is 0.465 e. The Morgan fingerprint density at radius 3 is 2.89 bits per heavy atom. The predicted molar refractivity (Wildman–Crippen MR) is 64.1 cm³/mol. The number of hydrogen-bond acceptors (Lipinski definition) is 4. The average Bonchev–Trinajstić information content (AvgIpc) is 2.31. The van der Waals surface area contributed by atoms with Gasteiger partial charge >= 0.3 is 5.97 Å². The van der Waals surface area contributed by atoms with Gasteiger partial charge in [0, 0.05) is 6.54 Å². The Morgan fingerprint density at radius 2 is 2.28 bits per heavy atom. The lowest BCUT2D eigenvalue weighted by atomic mass is 10.1. The second kappa shape index (κ2) is 6.72. The third-order valence-electron chi connectivity index (χ3n) is 2.34. The van der Waals surface area contributed by atoms with Gasteiger partial charge in [0.25, 0.3) is 0 Å². The zero-order chi connectivity index (χ0) is 13.5. The second-order valence-electron chi connectivity index (χ2n) is 3.89. The Labute approximate surface area is 106 Å². The molecule has 18 heavy (non-hydrogen) atoms. The molecule has 0 N–H and O–H groups in total. The minimum absolute atomic E-state index is 0.135. The van der Waals surface area contributed by atoms with Crippen molar-refractivity contribution in [3.05, 3.63) is 35.1 Å². The maximum absolute atomic E-state index is 12.9. The quantitative estimate of drug-likeness (QED) is 0.746. The molecule has 0 radical (unpaired) electrons. The zero-order valence-corrected chi connectivity index (χ0v) is 10.4. The van der Waals surface area contributed by atoms with Crippen molar-refractivity contribution >= 4 is 5.97 Å². The molecule has 0 unspecified atom stereocenters. The number of ether oxygens (including phenoxy) is 1. The second-order valence-corrected chi connectivity index (χ2v) is 3.89. The van der Waals surface area contributed by atoms with Gasteiger partial charge in [-0.25, -0.2) is 4.39 Å². The van der Waals surface area contributed by atoms with Crippen molar-refractivity contribution in [1.82, 2.24) is 4.90 Å². The van der Waals surface area contributed by atoms with E-state index in [0.717, 1.165) is 0 Å². The number of esters is 1. The Bertz CT molecular complexity index is 469. The van der Waals surface area contributed by atoms with E-state index in [1.807, 2.05) is 6.07 Å². The molecule has 0 spiro atoms. The third-order valence-corrected chi connectivity index (χ3v) is 2.34. The van der Waals surface area contributed by atoms with E-state index < -0.39 is 5.82 Å². The first-order chi connectivity index (χ1) is 8.56. The van der Waals surface area contributed by atoms with Crippen LogP contribution in [0.15, 0.2) is 18.2 Å². The molecule has 5 heteroatoms. The summed E-state index contributed by atoms with van der Waals surface area (Å²) >= 11 is 0. The number of likely N-dealkylation sites (N-methyl/N-ethyl adjacent to an activating group) is 1. The lowest BCUT2D eigenvalue weighted by Gasteiger charge is -2.16. The van der Waals surface area contributed by atoms with Crippen molar-refractivity contribution in [3.8, 4) is 6.07 Å². The molecule has 0 saturated carbocycles. The average molecular weight is 250 g/mol. The third kappa shape index (κ3) is 4.15. The van der Waals surface area contributed by atoms with Crippen LogP contribution in [0.4, 0.5) is 4.39 Å². The molecule has 0 aliphatic heterocycles. The molecule has 0 aliphatic carbocycles. The molecule has 0 fully saturated rings. The Morgan fingerprint density at radius 1 is 1.56 bits per heavy atom. The highest BCUT2D eigenvalue weighted by Crippen LogP contribution is 2.12. The van der Waals surface area contributed by atoms with Crippen LogP contribution in [-0.2, 0) is 16.1 Å². The van der Waals surface area contributed by atoms with E-state index in [1.54, 1.807) is 24.9 Å². The molecule has 1 aromatic rings. The van der Waals surface area contributed by atoms with Crippen LogP contribution < -0.4 is 0 Å². The van der Waals surface area contributed by atoms with Gasteiger partial charge in [0.2, 0.25) is 0 Å². The fourth-order valence-electron chi connectivity index (χ4n) is 1.56. The molecule has 96 valence electrons. The molecule has 1 rings (SSSR count). The normalized spacial score (nSPS) is 10.2. The van der Waals surface area contributed by atoms with Gasteiger partial charge in [0.15, 0.2) is 0 Å². The van der Waals surface area contributed by atoms with Crippen molar-refractivity contribution in [2.45, 2.75) is 13.5 Å². The van der Waals surface area contributed by atoms with Gasteiger partial charge in [-0.2, -0.15) is 5.26 Å². The van der Waals surface area contributed by atoms with Crippen molar-refractivity contribution < 1.29 is 13.9 Å². The van der Waals surface area contributed by atoms with Crippen LogP contribution in [0.3, 0.4) is 0 Å². The maximum Gasteiger partial charge on any atom is 0.320 e. The summed E-state index contributed by atoms with van der Waals surface area (Å²) in [7, 11) is 1.74. The van der Waals surface area contributed by atoms with E-state index in [4.69, 9.17) is 10.00 Å². The lowest BCUT2D eigenvalue weighted by molar-refractivity contribution is -0.144. The topological polar surface area (TPSA) is 53.3 Å². The minimum atomic E-state index is -0.441. The van der Waals surface area contributed by atoms with E-state index >= 15 is 0 Å². The predicted octanol–water partition coefficient (Wildman–Crippen LogP) is 1.69. The van der Waals surface area contributed by atoms with Gasteiger partial charge in [-0.3, -0.25) is 9.69 Å². The van der Waals surface area contributed by atoms with Crippen molar-refractivity contribution in [1.29, 1.82) is 5.26 Å². The molecule has 0 heterocycles. The number of halogens is 1. The SMILES string of the molecule is CCOC(=O)CN(C)Cc1ccc(F)cc1C#N. The molecule has 0 bridgehead atoms. The fraction of sp³-hybridized carbons (Fsp3) is 0.385. The van der Waals surface area contributed by atoms with E-state index in [-0.39, 0.29) is 18.1 Å². The first kappa shape index (κ1) is 14.1. The lowest BCUT2D eigenvalue weighted by Crippen LogP contribution is -2.27. The van der Waals surface area contributed by atoms with Crippen molar-refractivity contribution in [2.24, 2.45) is 0 Å². The van der Waals surface area contributed by atoms with Crippen molar-refractivity contribution in [3.63, 3.8) is 0 Å². The summed E-state index contributed by atoms with van der Waals surface area (Å²) in [5.74, 6) is -0.760. The fourth-order valence-corrected chi connectivity index (χ4v) is 1.56. The van der Waals surface area contributed by atoms with Crippen LogP contribution >= 0.6 is 0 Å². The van der Waals surface area contributed by atoms with E-state index in [2.05, 4.69) is 0 Å². The van der Waals surface area contributed by atoms with Gasteiger partial charge in [-0.15, -0.1) is 0 Å². The standard InChI is InChI=1S/C13H15FN2O2/c1-3-18-13(17)9-16(2)8-10-4-5-12(14)6-11(10)7-15/h4-6H,3,8-9H2,1-2H3. The van der Waals surface area contributed by atoms with Crippen molar-refractivity contribution in [2.75, 3.05) is 20.2 Å². The molecular weight excluding hydrogens is 235 g/mol. The van der Waals surface area contributed by atoms with Gasteiger partial charge in [0.1, 0.15) is 5.82 Å². The van der Waals surface area contributed by atoms with Gasteiger partial charge in [-0.1, -0.05) is 6.07 Å². The summed E-state index contributed by atoms with van der Waals surface area (Å²) < 4.78 is 17.8. The molecule has 0 atom stereocenters. The number of nitrogens with zero attached hydrogens (tertiary/aromatic N) is 2. The molecule has 0 aliphatic rings. The summed E-state index contributed by atoms with van der Waals surface area (Å²) in [6.45, 7) is 2.61. The van der Waals surface area contributed by atoms with Crippen LogP contribution in [0.1, 0.15) is 18.1 Å². The van der Waals surface area contributed by atoms with Crippen LogP contribution in [0.5, 0.6) is 0 Å². The van der Waals surface area contributed by atoms with Gasteiger partial charge in [0.05, 0.1) is 24.8 Å². The highest BCUT2D eigenvalue weighted by Gasteiger charge is 2.10. The first-order valence-electron chi connectivity index (χ1n) is 5.59. The molecule has 1 aromatic carbocycles. The highest BCUT2D eigenvalue weighted by molar-refractivity contribution is 5.71. The summed E-state index contributed by atoms with van der Waals surface area (Å²) in [4.78, 5) is 13.0. The van der Waals surface area contributed by atoms with Crippen LogP contribution in [-0.4, -0.2) is 31.1 Å². The summed E-state index contributed by atoms with van der Waals surface area (Å²) in [5, 5.41) is 8.90. The summed E-state index contributed by atoms with van der Waals surface area (Å²) in [5.41, 5.74) is 0.969. The molecule has 0 saturated heterocycles. The van der Waals surface area contributed by atoms with E-state index in [9.17, 15) is 9.18 Å². The molecular formula is C13H15FN2O2. The Hall–Kier alpha value is -1.93. The minimum Gasteiger partial charge on any atom is -0.465 e. The maximum atomic E-state index is 12.9. The summed E-state index contributed by atoms with van der Waals surface area (Å²) in [6.07, 6.45) is 0. The Kier molecular flexibility index (Phi) is 5.28. The Balaban J connectivity index is 2.67. The highest BCUT2D eigenvalue weighted by atomic mass is 19.1. The summed E-state index contributed by atoms with van der Waals surface area (Å²) in [6, 6.07) is 5.98. The van der Waals surface area contributed by atoms with Crippen LogP contribution in [0.25, 0.3) is 0 Å². The van der Waals surface area contributed by atoms with Crippen LogP contribution in [0, 0.1) is 17.1 Å². The number of nitriles is 1.